The molecule has 8 nitrogen and oxygen atoms in total. The molecule has 6 rings (SSSR count). The lowest BCUT2D eigenvalue weighted by atomic mass is 9.87. The lowest BCUT2D eigenvalue weighted by Crippen LogP contribution is -2.49. The van der Waals surface area contributed by atoms with E-state index in [9.17, 15) is 34.4 Å². The second kappa shape index (κ2) is 10.1. The SMILES string of the molecule is Cc1ccc(S(=O)(=O)n2cc3c(n2)C(F)(F)[C@H](c2ccc(F)cc2)N(S(=O)(=O)c2ccc(C(F)(F)F)nc2)[C@H]3C2CC2)cc1. The number of hydrogen-bond acceptors (Lipinski definition) is 6. The van der Waals surface area contributed by atoms with Crippen LogP contribution in [-0.2, 0) is 32.1 Å². The van der Waals surface area contributed by atoms with Crippen LogP contribution in [0.3, 0.4) is 0 Å². The number of rotatable bonds is 6. The lowest BCUT2D eigenvalue weighted by Gasteiger charge is -2.44. The molecule has 1 fully saturated rings. The van der Waals surface area contributed by atoms with Crippen molar-refractivity contribution in [3.8, 4) is 0 Å². The fraction of sp³-hybridized carbons (Fsp3) is 0.286. The van der Waals surface area contributed by atoms with E-state index in [1.54, 1.807) is 6.92 Å². The van der Waals surface area contributed by atoms with Crippen LogP contribution in [0.5, 0.6) is 0 Å². The zero-order valence-electron chi connectivity index (χ0n) is 22.6. The van der Waals surface area contributed by atoms with Crippen LogP contribution in [0, 0.1) is 18.7 Å². The Bertz CT molecular complexity index is 1940. The standard InChI is InChI=1S/C28H22F6N4O4S2/c1-16-2-10-20(11-3-16)43(39,40)37-15-22-24(17-4-5-17)38(44(41,42)21-12-13-23(35-14-21)28(32,33)34)26(27(30,31)25(22)36-37)18-6-8-19(29)9-7-18/h2-3,6-15,17,24,26H,4-5H2,1H3/t24-,26-/m0/s1. The predicted molar refractivity (Wildman–Crippen MR) is 143 cm³/mol. The van der Waals surface area contributed by atoms with E-state index >= 15 is 8.78 Å². The fourth-order valence-corrected chi connectivity index (χ4v) is 8.28. The Balaban J connectivity index is 1.57. The first kappa shape index (κ1) is 30.3. The summed E-state index contributed by atoms with van der Waals surface area (Å²) in [6, 6.07) is 6.52. The molecule has 232 valence electrons. The first-order valence-corrected chi connectivity index (χ1v) is 16.0. The molecule has 0 unspecified atom stereocenters. The molecular weight excluding hydrogens is 634 g/mol. The van der Waals surface area contributed by atoms with Gasteiger partial charge < -0.3 is 0 Å². The minimum atomic E-state index is -5.04. The summed E-state index contributed by atoms with van der Waals surface area (Å²) in [4.78, 5) is 2.16. The molecule has 0 saturated heterocycles. The zero-order valence-corrected chi connectivity index (χ0v) is 24.2. The number of aryl methyl sites for hydroxylation is 1. The van der Waals surface area contributed by atoms with E-state index in [-0.39, 0.29) is 16.0 Å². The molecule has 4 aromatic rings. The largest absolute Gasteiger partial charge is 0.433 e. The van der Waals surface area contributed by atoms with Crippen molar-refractivity contribution >= 4 is 20.0 Å². The van der Waals surface area contributed by atoms with Crippen LogP contribution in [0.15, 0.2) is 82.8 Å². The Morgan fingerprint density at radius 3 is 2.02 bits per heavy atom. The van der Waals surface area contributed by atoms with Gasteiger partial charge in [-0.2, -0.15) is 43.9 Å². The van der Waals surface area contributed by atoms with Crippen LogP contribution in [-0.4, -0.2) is 35.3 Å². The van der Waals surface area contributed by atoms with Crippen molar-refractivity contribution in [1.29, 1.82) is 0 Å². The summed E-state index contributed by atoms with van der Waals surface area (Å²) in [6.45, 7) is 1.72. The van der Waals surface area contributed by atoms with Gasteiger partial charge in [0.2, 0.25) is 10.0 Å². The van der Waals surface area contributed by atoms with E-state index in [1.807, 2.05) is 0 Å². The summed E-state index contributed by atoms with van der Waals surface area (Å²) in [5.74, 6) is -5.52. The van der Waals surface area contributed by atoms with Crippen molar-refractivity contribution in [3.63, 3.8) is 0 Å². The van der Waals surface area contributed by atoms with Crippen LogP contribution in [0.2, 0.25) is 0 Å². The summed E-state index contributed by atoms with van der Waals surface area (Å²) in [5.41, 5.74) is -2.33. The van der Waals surface area contributed by atoms with E-state index in [1.165, 1.54) is 24.3 Å². The van der Waals surface area contributed by atoms with E-state index in [4.69, 9.17) is 0 Å². The molecule has 2 aliphatic rings. The van der Waals surface area contributed by atoms with Crippen molar-refractivity contribution in [2.45, 2.75) is 53.7 Å². The average Bonchev–Trinajstić information content (AvgIpc) is 3.69. The van der Waals surface area contributed by atoms with Crippen LogP contribution in [0.25, 0.3) is 0 Å². The zero-order chi connectivity index (χ0) is 31.8. The van der Waals surface area contributed by atoms with Crippen molar-refractivity contribution in [2.24, 2.45) is 5.92 Å². The number of alkyl halides is 5. The number of aromatic nitrogens is 3. The molecule has 0 N–H and O–H groups in total. The molecule has 1 aliphatic heterocycles. The third-order valence-electron chi connectivity index (χ3n) is 7.65. The van der Waals surface area contributed by atoms with E-state index < -0.39 is 72.2 Å². The number of hydrogen-bond donors (Lipinski definition) is 0. The summed E-state index contributed by atoms with van der Waals surface area (Å²) < 4.78 is 143. The highest BCUT2D eigenvalue weighted by atomic mass is 32.2. The van der Waals surface area contributed by atoms with Gasteiger partial charge in [-0.15, -0.1) is 0 Å². The van der Waals surface area contributed by atoms with Crippen molar-refractivity contribution in [1.82, 2.24) is 18.5 Å². The maximum Gasteiger partial charge on any atom is 0.433 e. The van der Waals surface area contributed by atoms with Crippen LogP contribution < -0.4 is 0 Å². The number of benzene rings is 2. The monoisotopic (exact) mass is 656 g/mol. The fourth-order valence-electron chi connectivity index (χ4n) is 5.35. The van der Waals surface area contributed by atoms with Gasteiger partial charge in [0.05, 0.1) is 10.9 Å². The Hall–Kier alpha value is -3.76. The first-order valence-electron chi connectivity index (χ1n) is 13.2. The summed E-state index contributed by atoms with van der Waals surface area (Å²) in [6.07, 6.45) is -2.82. The van der Waals surface area contributed by atoms with Gasteiger partial charge >= 0.3 is 12.1 Å². The highest BCUT2D eigenvalue weighted by molar-refractivity contribution is 7.90. The highest BCUT2D eigenvalue weighted by Crippen LogP contribution is 2.60. The van der Waals surface area contributed by atoms with Crippen LogP contribution >= 0.6 is 0 Å². The number of nitrogens with zero attached hydrogens (tertiary/aromatic N) is 4. The minimum Gasteiger partial charge on any atom is -0.250 e. The van der Waals surface area contributed by atoms with E-state index in [0.717, 1.165) is 36.0 Å². The maximum absolute atomic E-state index is 16.6. The van der Waals surface area contributed by atoms with E-state index in [0.29, 0.717) is 39.6 Å². The molecule has 3 heterocycles. The Labute approximate surface area is 248 Å². The third kappa shape index (κ3) is 4.98. The van der Waals surface area contributed by atoms with Gasteiger partial charge in [0, 0.05) is 18.0 Å². The second-order valence-electron chi connectivity index (χ2n) is 10.7. The molecule has 1 saturated carbocycles. The molecule has 44 heavy (non-hydrogen) atoms. The molecular formula is C28H22F6N4O4S2. The summed E-state index contributed by atoms with van der Waals surface area (Å²) >= 11 is 0. The Morgan fingerprint density at radius 1 is 0.864 bits per heavy atom. The average molecular weight is 657 g/mol. The maximum atomic E-state index is 16.6. The first-order chi connectivity index (χ1) is 20.5. The highest BCUT2D eigenvalue weighted by Gasteiger charge is 2.62. The van der Waals surface area contributed by atoms with E-state index in [2.05, 4.69) is 10.1 Å². The lowest BCUT2D eigenvalue weighted by molar-refractivity contribution is -0.141. The normalized spacial score (nSPS) is 20.8. The van der Waals surface area contributed by atoms with Gasteiger partial charge in [0.15, 0.2) is 0 Å². The topological polar surface area (TPSA) is 102 Å². The van der Waals surface area contributed by atoms with Crippen molar-refractivity contribution in [2.75, 3.05) is 0 Å². The second-order valence-corrected chi connectivity index (χ2v) is 14.3. The Kier molecular flexibility index (Phi) is 6.97. The minimum absolute atomic E-state index is 0.246. The molecule has 2 aromatic heterocycles. The van der Waals surface area contributed by atoms with Gasteiger partial charge in [0.25, 0.3) is 10.0 Å². The molecule has 0 radical (unpaired) electrons. The molecule has 2 atom stereocenters. The number of pyridine rings is 1. The number of sulfonamides is 1. The van der Waals surface area contributed by atoms with Crippen LogP contribution in [0.1, 0.15) is 53.0 Å². The van der Waals surface area contributed by atoms with Gasteiger partial charge in [-0.1, -0.05) is 29.8 Å². The smallest absolute Gasteiger partial charge is 0.250 e. The van der Waals surface area contributed by atoms with Crippen molar-refractivity contribution < 1.29 is 43.2 Å². The van der Waals surface area contributed by atoms with Gasteiger partial charge in [-0.3, -0.25) is 4.98 Å². The van der Waals surface area contributed by atoms with Gasteiger partial charge in [-0.25, -0.2) is 12.8 Å². The molecule has 2 aromatic carbocycles. The van der Waals surface area contributed by atoms with Crippen molar-refractivity contribution in [3.05, 3.63) is 107 Å². The number of fused-ring (bicyclic) bond motifs is 1. The number of halogens is 6. The summed E-state index contributed by atoms with van der Waals surface area (Å²) in [5, 5.41) is 3.80. The van der Waals surface area contributed by atoms with Crippen LogP contribution in [0.4, 0.5) is 26.3 Å². The third-order valence-corrected chi connectivity index (χ3v) is 11.0. The van der Waals surface area contributed by atoms with Gasteiger partial charge in [0.1, 0.15) is 28.1 Å². The molecule has 0 bridgehead atoms. The predicted octanol–water partition coefficient (Wildman–Crippen LogP) is 5.97. The molecule has 0 amide bonds. The molecule has 0 spiro atoms. The molecule has 16 heteroatoms. The summed E-state index contributed by atoms with van der Waals surface area (Å²) in [7, 11) is -9.54. The molecule has 1 aliphatic carbocycles. The van der Waals surface area contributed by atoms with Gasteiger partial charge in [-0.05, 0) is 67.6 Å². The Morgan fingerprint density at radius 2 is 1.48 bits per heavy atom. The quantitative estimate of drug-likeness (QED) is 0.237.